The van der Waals surface area contributed by atoms with Gasteiger partial charge in [-0.25, -0.2) is 4.79 Å². The van der Waals surface area contributed by atoms with Crippen LogP contribution in [-0.4, -0.2) is 36.7 Å². The summed E-state index contributed by atoms with van der Waals surface area (Å²) in [6, 6.07) is 18.9. The van der Waals surface area contributed by atoms with E-state index in [-0.39, 0.29) is 12.1 Å². The number of hydrogen-bond acceptors (Lipinski definition) is 4. The highest BCUT2D eigenvalue weighted by Gasteiger charge is 2.21. The summed E-state index contributed by atoms with van der Waals surface area (Å²) in [5, 5.41) is 6.16. The number of carbonyl (C=O) groups excluding carboxylic acids is 1. The van der Waals surface area contributed by atoms with Gasteiger partial charge in [0.25, 0.3) is 0 Å². The van der Waals surface area contributed by atoms with Crippen LogP contribution in [0.15, 0.2) is 54.6 Å². The molecule has 0 bridgehead atoms. The third-order valence-corrected chi connectivity index (χ3v) is 8.09. The van der Waals surface area contributed by atoms with Crippen molar-refractivity contribution in [2.45, 2.75) is 23.5 Å². The van der Waals surface area contributed by atoms with Crippen molar-refractivity contribution in [2.24, 2.45) is 0 Å². The highest BCUT2D eigenvalue weighted by molar-refractivity contribution is 8.19. The van der Waals surface area contributed by atoms with Crippen molar-refractivity contribution in [1.29, 1.82) is 0 Å². The van der Waals surface area contributed by atoms with E-state index in [4.69, 9.17) is 0 Å². The van der Waals surface area contributed by atoms with Crippen LogP contribution in [0.2, 0.25) is 0 Å². The van der Waals surface area contributed by atoms with Crippen molar-refractivity contribution in [3.8, 4) is 0 Å². The van der Waals surface area contributed by atoms with Gasteiger partial charge in [-0.1, -0.05) is 30.3 Å². The lowest BCUT2D eigenvalue weighted by molar-refractivity contribution is 0.246. The van der Waals surface area contributed by atoms with Gasteiger partial charge >= 0.3 is 6.03 Å². The first-order chi connectivity index (χ1) is 13.3. The van der Waals surface area contributed by atoms with Crippen LogP contribution in [-0.2, 0) is 0 Å². The van der Waals surface area contributed by atoms with Crippen LogP contribution >= 0.6 is 23.5 Å². The number of hydrogen-bond donors (Lipinski definition) is 2. The lowest BCUT2D eigenvalue weighted by Crippen LogP contribution is -2.46. The Hall–Kier alpha value is -1.79. The fraction of sp³-hybridized carbons (Fsp3) is 0.381. The van der Waals surface area contributed by atoms with Crippen molar-refractivity contribution in [3.63, 3.8) is 0 Å². The molecule has 2 aliphatic heterocycles. The lowest BCUT2D eigenvalue weighted by Gasteiger charge is -2.34. The van der Waals surface area contributed by atoms with Gasteiger partial charge in [0.1, 0.15) is 0 Å². The molecule has 2 aliphatic rings. The summed E-state index contributed by atoms with van der Waals surface area (Å²) in [7, 11) is 0. The number of thioether (sulfide) groups is 2. The van der Waals surface area contributed by atoms with Gasteiger partial charge in [-0.05, 0) is 42.7 Å². The molecular formula is C21H25N3OS2. The minimum absolute atomic E-state index is 0.1000. The zero-order chi connectivity index (χ0) is 18.5. The zero-order valence-corrected chi connectivity index (χ0v) is 16.9. The summed E-state index contributed by atoms with van der Waals surface area (Å²) in [6.45, 7) is 1.95. The van der Waals surface area contributed by atoms with E-state index >= 15 is 0 Å². The molecule has 4 rings (SSSR count). The standard InChI is InChI=1S/C21H25N3OS2/c25-21(23-18-6-4-5-16(15-18)20-26-13-14-27-20)22-17-9-11-24(12-10-17)19-7-2-1-3-8-19/h1-8,15,17,20H,9-14H2,(H2,22,23,25). The number of rotatable bonds is 4. The Kier molecular flexibility index (Phi) is 6.14. The maximum atomic E-state index is 12.4. The smallest absolute Gasteiger partial charge is 0.319 e. The second-order valence-electron chi connectivity index (χ2n) is 6.89. The third-order valence-electron chi connectivity index (χ3n) is 4.99. The highest BCUT2D eigenvalue weighted by atomic mass is 32.2. The average molecular weight is 400 g/mol. The monoisotopic (exact) mass is 399 g/mol. The van der Waals surface area contributed by atoms with Gasteiger partial charge in [-0.15, -0.1) is 23.5 Å². The molecule has 2 amide bonds. The SMILES string of the molecule is O=C(Nc1cccc(C2SCCS2)c1)NC1CCN(c2ccccc2)CC1. The van der Waals surface area contributed by atoms with Crippen molar-refractivity contribution in [2.75, 3.05) is 34.8 Å². The number of piperidine rings is 1. The average Bonchev–Trinajstić information content (AvgIpc) is 3.24. The summed E-state index contributed by atoms with van der Waals surface area (Å²) < 4.78 is 0.497. The van der Waals surface area contributed by atoms with Crippen molar-refractivity contribution >= 4 is 40.9 Å². The van der Waals surface area contributed by atoms with Gasteiger partial charge in [0, 0.05) is 42.0 Å². The molecule has 6 heteroatoms. The van der Waals surface area contributed by atoms with Crippen LogP contribution in [0.25, 0.3) is 0 Å². The first-order valence-electron chi connectivity index (χ1n) is 9.48. The first kappa shape index (κ1) is 18.6. The molecule has 142 valence electrons. The third kappa shape index (κ3) is 4.93. The van der Waals surface area contributed by atoms with Crippen LogP contribution < -0.4 is 15.5 Å². The maximum Gasteiger partial charge on any atom is 0.319 e. The van der Waals surface area contributed by atoms with Crippen LogP contribution in [0.3, 0.4) is 0 Å². The van der Waals surface area contributed by atoms with E-state index in [1.165, 1.54) is 22.8 Å². The Morgan fingerprint density at radius 2 is 1.70 bits per heavy atom. The summed E-state index contributed by atoms with van der Waals surface area (Å²) >= 11 is 3.96. The predicted molar refractivity (Wildman–Crippen MR) is 118 cm³/mol. The molecule has 0 aliphatic carbocycles. The second-order valence-corrected chi connectivity index (χ2v) is 9.62. The van der Waals surface area contributed by atoms with Gasteiger partial charge in [0.05, 0.1) is 4.58 Å². The molecule has 2 fully saturated rings. The number of anilines is 2. The Labute approximate surface area is 169 Å². The Morgan fingerprint density at radius 1 is 0.963 bits per heavy atom. The zero-order valence-electron chi connectivity index (χ0n) is 15.3. The Morgan fingerprint density at radius 3 is 2.44 bits per heavy atom. The number of amides is 2. The molecule has 2 N–H and O–H groups in total. The molecule has 2 heterocycles. The first-order valence-corrected chi connectivity index (χ1v) is 11.6. The van der Waals surface area contributed by atoms with Gasteiger partial charge in [0.2, 0.25) is 0 Å². The number of nitrogens with one attached hydrogen (secondary N) is 2. The molecule has 0 unspecified atom stereocenters. The molecule has 2 aromatic rings. The molecule has 0 radical (unpaired) electrons. The maximum absolute atomic E-state index is 12.4. The normalized spacial score (nSPS) is 18.4. The molecule has 0 atom stereocenters. The van der Waals surface area contributed by atoms with Crippen molar-refractivity contribution in [1.82, 2.24) is 5.32 Å². The van der Waals surface area contributed by atoms with E-state index in [0.29, 0.717) is 4.58 Å². The predicted octanol–water partition coefficient (Wildman–Crippen LogP) is 4.96. The van der Waals surface area contributed by atoms with Crippen molar-refractivity contribution < 1.29 is 4.79 Å². The van der Waals surface area contributed by atoms with E-state index in [1.54, 1.807) is 0 Å². The topological polar surface area (TPSA) is 44.4 Å². The molecule has 0 saturated carbocycles. The summed E-state index contributed by atoms with van der Waals surface area (Å²) in [5.41, 5.74) is 3.43. The molecular weight excluding hydrogens is 374 g/mol. The number of urea groups is 1. The summed E-state index contributed by atoms with van der Waals surface area (Å²) in [5.74, 6) is 2.41. The van der Waals surface area contributed by atoms with Gasteiger partial charge in [-0.2, -0.15) is 0 Å². The molecule has 2 saturated heterocycles. The van der Waals surface area contributed by atoms with Gasteiger partial charge < -0.3 is 15.5 Å². The van der Waals surface area contributed by atoms with Gasteiger partial charge in [0.15, 0.2) is 0 Å². The molecule has 4 nitrogen and oxygen atoms in total. The van der Waals surface area contributed by atoms with Crippen LogP contribution in [0.1, 0.15) is 23.0 Å². The molecule has 0 aromatic heterocycles. The minimum atomic E-state index is -0.1000. The number of benzene rings is 2. The summed E-state index contributed by atoms with van der Waals surface area (Å²) in [4.78, 5) is 14.8. The van der Waals surface area contributed by atoms with E-state index in [2.05, 4.69) is 51.9 Å². The van der Waals surface area contributed by atoms with Gasteiger partial charge in [-0.3, -0.25) is 0 Å². The van der Waals surface area contributed by atoms with Crippen LogP contribution in [0, 0.1) is 0 Å². The van der Waals surface area contributed by atoms with Crippen LogP contribution in [0.5, 0.6) is 0 Å². The van der Waals surface area contributed by atoms with Crippen molar-refractivity contribution in [3.05, 3.63) is 60.2 Å². The Bertz CT molecular complexity index is 757. The minimum Gasteiger partial charge on any atom is -0.371 e. The number of carbonyl (C=O) groups is 1. The Balaban J connectivity index is 1.27. The molecule has 0 spiro atoms. The van der Waals surface area contributed by atoms with E-state index < -0.39 is 0 Å². The van der Waals surface area contributed by atoms with E-state index in [9.17, 15) is 4.79 Å². The largest absolute Gasteiger partial charge is 0.371 e. The van der Waals surface area contributed by atoms with Crippen LogP contribution in [0.4, 0.5) is 16.2 Å². The lowest BCUT2D eigenvalue weighted by atomic mass is 10.0. The fourth-order valence-corrected chi connectivity index (χ4v) is 6.43. The van der Waals surface area contributed by atoms with E-state index in [1.807, 2.05) is 41.7 Å². The fourth-order valence-electron chi connectivity index (χ4n) is 3.59. The molecule has 27 heavy (non-hydrogen) atoms. The summed E-state index contributed by atoms with van der Waals surface area (Å²) in [6.07, 6.45) is 1.94. The second kappa shape index (κ2) is 8.93. The molecule has 2 aromatic carbocycles. The number of nitrogens with zero attached hydrogens (tertiary/aromatic N) is 1. The van der Waals surface area contributed by atoms with E-state index in [0.717, 1.165) is 31.6 Å². The quantitative estimate of drug-likeness (QED) is 0.763. The highest BCUT2D eigenvalue weighted by Crippen LogP contribution is 2.45. The number of para-hydroxylation sites is 1.